The van der Waals surface area contributed by atoms with Gasteiger partial charge in [0.25, 0.3) is 0 Å². The maximum absolute atomic E-state index is 12.6. The molecule has 0 aliphatic carbocycles. The molecule has 0 atom stereocenters. The van der Waals surface area contributed by atoms with Gasteiger partial charge >= 0.3 is 42.4 Å². The number of hydrogen-bond acceptors (Lipinski definition) is 22. The van der Waals surface area contributed by atoms with Crippen molar-refractivity contribution in [3.63, 3.8) is 0 Å². The van der Waals surface area contributed by atoms with Crippen molar-refractivity contribution in [2.24, 2.45) is 0 Å². The van der Waals surface area contributed by atoms with Crippen LogP contribution in [0.25, 0.3) is 0 Å². The Morgan fingerprint density at radius 3 is 0.871 bits per heavy atom. The van der Waals surface area contributed by atoms with Crippen LogP contribution in [-0.2, 0) is 56.9 Å². The van der Waals surface area contributed by atoms with Crippen molar-refractivity contribution >= 4 is 129 Å². The van der Waals surface area contributed by atoms with Crippen molar-refractivity contribution < 1.29 is 131 Å². The molecule has 0 amide bonds. The van der Waals surface area contributed by atoms with Gasteiger partial charge in [-0.15, -0.1) is 71.1 Å². The van der Waals surface area contributed by atoms with E-state index in [1.807, 2.05) is 120 Å². The molecule has 0 aromatic heterocycles. The number of alkyl halides is 11. The lowest BCUT2D eigenvalue weighted by atomic mass is 10.2. The van der Waals surface area contributed by atoms with Crippen LogP contribution in [0.3, 0.4) is 0 Å². The van der Waals surface area contributed by atoms with E-state index in [2.05, 4.69) is 25.8 Å². The normalized spacial score (nSPS) is 10.4. The summed E-state index contributed by atoms with van der Waals surface area (Å²) in [6.07, 6.45) is -12.8. The van der Waals surface area contributed by atoms with E-state index < -0.39 is 65.7 Å². The number of aliphatic carboxylic acids is 1. The number of carbonyl (C=O) groups excluding carboxylic acids is 7. The van der Waals surface area contributed by atoms with Crippen LogP contribution in [-0.4, -0.2) is 112 Å². The van der Waals surface area contributed by atoms with Crippen molar-refractivity contribution in [3.8, 4) is 57.5 Å². The first kappa shape index (κ1) is 117. The number of carboxylic acids is 1. The van der Waals surface area contributed by atoms with Gasteiger partial charge in [0.1, 0.15) is 101 Å². The number of ketones is 3. The first-order chi connectivity index (χ1) is 61.5. The SMILES string of the molecule is C.C=C(CSc1ccc(OCC(=O)O)c(C)c1)Oc1ccc(C(F)(F)F)cc1.C=C(CSc1ccc(OCC(C)=O)c(C)c1)Oc1ccc(C(F)(F)F)cc1.CC(=O)COc1ccc(S)cc1C.CC(=O)COc1ccc(SCC(=O)Oc2ccc(C(F)(F)F)cc2)cc1C.CCC(=O)Cl.Cc1ccc(O)cc1.Cc1ccc(OC(=O)CCl)cc1.Cc1ccc(OC(=O)CCl)cc1. The number of phenols is 1. The Hall–Kier alpha value is -11.5. The minimum Gasteiger partial charge on any atom is -0.508 e. The molecule has 0 aliphatic heterocycles. The largest absolute Gasteiger partial charge is 0.508 e. The molecule has 132 heavy (non-hydrogen) atoms. The van der Waals surface area contributed by atoms with E-state index in [0.717, 1.165) is 107 Å². The number of phenolic OH excluding ortho intramolecular Hbond substituents is 1. The molecule has 10 aromatic rings. The van der Waals surface area contributed by atoms with Gasteiger partial charge in [-0.2, -0.15) is 39.5 Å². The van der Waals surface area contributed by atoms with Gasteiger partial charge in [0.2, 0.25) is 5.24 Å². The molecule has 10 aromatic carbocycles. The van der Waals surface area contributed by atoms with Crippen LogP contribution < -0.4 is 42.6 Å². The van der Waals surface area contributed by atoms with Crippen molar-refractivity contribution in [2.75, 3.05) is 55.4 Å². The molecule has 19 nitrogen and oxygen atoms in total. The number of carboxylic acid groups (broad SMARTS) is 1. The number of ether oxygens (including phenoxy) is 9. The third-order valence-electron chi connectivity index (χ3n) is 15.7. The zero-order valence-electron chi connectivity index (χ0n) is 72.8. The maximum atomic E-state index is 12.6. The van der Waals surface area contributed by atoms with Gasteiger partial charge < -0.3 is 52.8 Å². The second kappa shape index (κ2) is 60.5. The number of thiol groups is 1. The maximum Gasteiger partial charge on any atom is 0.416 e. The highest BCUT2D eigenvalue weighted by atomic mass is 35.5. The van der Waals surface area contributed by atoms with Gasteiger partial charge in [0.05, 0.1) is 33.9 Å². The van der Waals surface area contributed by atoms with E-state index >= 15 is 0 Å². The molecule has 35 heteroatoms. The van der Waals surface area contributed by atoms with E-state index in [4.69, 9.17) is 87.6 Å². The van der Waals surface area contributed by atoms with E-state index in [0.29, 0.717) is 69.7 Å². The summed E-state index contributed by atoms with van der Waals surface area (Å²) < 4.78 is 160. The third kappa shape index (κ3) is 50.8. The van der Waals surface area contributed by atoms with Crippen LogP contribution in [0.15, 0.2) is 263 Å². The van der Waals surface area contributed by atoms with E-state index in [1.165, 1.54) is 85.9 Å². The van der Waals surface area contributed by atoms with Gasteiger partial charge in [-0.25, -0.2) is 4.79 Å². The smallest absolute Gasteiger partial charge is 0.416 e. The van der Waals surface area contributed by atoms with Gasteiger partial charge in [-0.05, 0) is 285 Å². The molecule has 10 rings (SSSR count). The summed E-state index contributed by atoms with van der Waals surface area (Å²) in [5.41, 5.74) is 4.65. The summed E-state index contributed by atoms with van der Waals surface area (Å²) in [5.74, 6) is 3.31. The molecule has 0 radical (unpaired) electrons. The number of aromatic hydroxyl groups is 1. The number of aryl methyl sites for hydroxylation is 7. The Kier molecular flexibility index (Phi) is 53.4. The Balaban J connectivity index is 0.000000534. The highest BCUT2D eigenvalue weighted by molar-refractivity contribution is 8.00. The molecule has 0 fully saturated rings. The number of carbonyl (C=O) groups is 8. The monoisotopic (exact) mass is 1970 g/mol. The highest BCUT2D eigenvalue weighted by Crippen LogP contribution is 2.36. The first-order valence-electron chi connectivity index (χ1n) is 38.8. The second-order valence-corrected chi connectivity index (χ2v) is 32.1. The van der Waals surface area contributed by atoms with Crippen molar-refractivity contribution in [1.82, 2.24) is 0 Å². The summed E-state index contributed by atoms with van der Waals surface area (Å²) in [5, 5.41) is 17.1. The third-order valence-corrected chi connectivity index (χ3v) is 19.8. The van der Waals surface area contributed by atoms with Crippen LogP contribution in [0.4, 0.5) is 39.5 Å². The lowest BCUT2D eigenvalue weighted by Crippen LogP contribution is -2.11. The summed E-state index contributed by atoms with van der Waals surface area (Å²) >= 11 is 23.7. The molecule has 0 heterocycles. The van der Waals surface area contributed by atoms with Crippen LogP contribution in [0.2, 0.25) is 0 Å². The van der Waals surface area contributed by atoms with Gasteiger partial charge in [0, 0.05) is 26.0 Å². The fourth-order valence-corrected chi connectivity index (χ4v) is 12.1. The number of esters is 3. The average Bonchev–Trinajstić information content (AvgIpc) is 0.840. The quantitative estimate of drug-likeness (QED) is 0.00533. The van der Waals surface area contributed by atoms with Crippen molar-refractivity contribution in [3.05, 3.63) is 299 Å². The number of rotatable bonds is 31. The molecule has 710 valence electrons. The molecule has 0 spiro atoms. The Labute approximate surface area is 794 Å². The van der Waals surface area contributed by atoms with Crippen LogP contribution >= 0.6 is 82.7 Å². The average molecular weight is 1980 g/mol. The summed E-state index contributed by atoms with van der Waals surface area (Å²) in [6.45, 7) is 26.8. The summed E-state index contributed by atoms with van der Waals surface area (Å²) in [6, 6.07) is 56.0. The number of thioether (sulfide) groups is 3. The first-order valence-corrected chi connectivity index (χ1v) is 43.7. The fourth-order valence-electron chi connectivity index (χ4n) is 9.33. The predicted molar refractivity (Wildman–Crippen MR) is 501 cm³/mol. The van der Waals surface area contributed by atoms with E-state index in [-0.39, 0.29) is 78.9 Å². The summed E-state index contributed by atoms with van der Waals surface area (Å²) in [4.78, 5) is 89.5. The minimum absolute atomic E-state index is 0. The van der Waals surface area contributed by atoms with Crippen molar-refractivity contribution in [1.29, 1.82) is 0 Å². The zero-order chi connectivity index (χ0) is 98.1. The van der Waals surface area contributed by atoms with Gasteiger partial charge in [-0.3, -0.25) is 33.6 Å². The molecular weight excluding hydrogens is 1870 g/mol. The van der Waals surface area contributed by atoms with Crippen LogP contribution in [0, 0.1) is 48.5 Å². The predicted octanol–water partition coefficient (Wildman–Crippen LogP) is 25.5. The molecule has 0 unspecified atom stereocenters. The standard InChI is InChI=1S/C20H19F3O3S.2C19H17F3O4S.C10H12O2S.2C9H9ClO2.C7H8O.C3H5ClO.CH4/c1-13-10-18(8-9-19(13)25-11-14(2)24)27-12-15(3)26-17-6-4-16(5-7-17)20(21,22)23;1-12-9-16(7-8-17(12)25-10-18(23)24)27-11-13(2)26-15-5-3-14(4-6-15)19(20,21)22;1-12-9-16(7-8-17(12)25-10-13(2)23)27-11-18(24)26-15-5-3-14(4-6-15)19(20,21)22;1-7-5-9(13)3-4-10(7)12-6-8(2)11;2*1-7-2-4-8(5-3-7)12-9(11)6-10;1-6-2-4-7(8)5-3-6;1-2-3(4)5;/h4-10H,3,11-12H2,1-2H3;3-9H,2,10-11H2,1H3,(H,23,24);3-9H,10-11H2,1-2H3;3-5,13H,6H2,1-2H3;2*2-5H,6H2,1H3;2-5,8H,1H3;2H2,1H3;1H4. The Bertz CT molecular complexity index is 4930. The number of halogens is 12. The topological polar surface area (TPSA) is 260 Å². The summed E-state index contributed by atoms with van der Waals surface area (Å²) in [7, 11) is 0. The lowest BCUT2D eigenvalue weighted by Gasteiger charge is -2.12. The minimum atomic E-state index is -4.43. The van der Waals surface area contributed by atoms with Gasteiger partial charge in [-0.1, -0.05) is 80.6 Å². The van der Waals surface area contributed by atoms with E-state index in [9.17, 15) is 77.9 Å². The van der Waals surface area contributed by atoms with Crippen LogP contribution in [0.1, 0.15) is 97.2 Å². The number of hydrogen-bond donors (Lipinski definition) is 3. The van der Waals surface area contributed by atoms with Crippen LogP contribution in [0.5, 0.6) is 57.5 Å². The van der Waals surface area contributed by atoms with Gasteiger partial charge in [0.15, 0.2) is 24.0 Å². The molecular formula is C97H100Cl3F9O19S4. The molecule has 0 bridgehead atoms. The second-order valence-electron chi connectivity index (χ2n) is 27.5. The molecule has 0 saturated carbocycles. The highest BCUT2D eigenvalue weighted by Gasteiger charge is 2.32. The number of benzene rings is 10. The molecule has 0 saturated heterocycles. The lowest BCUT2D eigenvalue weighted by molar-refractivity contribution is -0.139. The molecule has 2 N–H and O–H groups in total. The zero-order valence-corrected chi connectivity index (χ0v) is 78.4. The Morgan fingerprint density at radius 2 is 0.621 bits per heavy atom. The number of Topliss-reactive ketones (excluding diaryl/α,β-unsaturated/α-hetero) is 3. The van der Waals surface area contributed by atoms with Crippen molar-refractivity contribution in [2.45, 2.75) is 128 Å². The fraction of sp³-hybridized carbons (Fsp3) is 0.258. The Morgan fingerprint density at radius 1 is 0.371 bits per heavy atom. The molecule has 0 aliphatic rings. The van der Waals surface area contributed by atoms with E-state index in [1.54, 1.807) is 80.6 Å².